The van der Waals surface area contributed by atoms with E-state index in [1.54, 1.807) is 0 Å². The van der Waals surface area contributed by atoms with E-state index >= 15 is 0 Å². The summed E-state index contributed by atoms with van der Waals surface area (Å²) in [6, 6.07) is 4.17. The Morgan fingerprint density at radius 2 is 2.05 bits per heavy atom. The van der Waals surface area contributed by atoms with E-state index < -0.39 is 15.9 Å². The molecule has 19 heavy (non-hydrogen) atoms. The van der Waals surface area contributed by atoms with Gasteiger partial charge in [-0.3, -0.25) is 4.79 Å². The average molecular weight is 286 g/mol. The number of carbonyl (C=O) groups is 1. The van der Waals surface area contributed by atoms with E-state index in [9.17, 15) is 13.2 Å². The molecular formula is C12H18N2O4S. The van der Waals surface area contributed by atoms with E-state index in [-0.39, 0.29) is 10.5 Å². The van der Waals surface area contributed by atoms with Gasteiger partial charge in [0.1, 0.15) is 5.75 Å². The molecule has 6 nitrogen and oxygen atoms in total. The summed E-state index contributed by atoms with van der Waals surface area (Å²) >= 11 is 0. The summed E-state index contributed by atoms with van der Waals surface area (Å²) in [6.07, 6.45) is 0.692. The Morgan fingerprint density at radius 3 is 2.58 bits per heavy atom. The van der Waals surface area contributed by atoms with Gasteiger partial charge in [-0.2, -0.15) is 0 Å². The Labute approximate surface area is 113 Å². The molecule has 0 saturated carbocycles. The molecule has 0 fully saturated rings. The van der Waals surface area contributed by atoms with E-state index in [0.717, 1.165) is 0 Å². The Balaban J connectivity index is 3.21. The van der Waals surface area contributed by atoms with Crippen LogP contribution >= 0.6 is 0 Å². The minimum atomic E-state index is -3.60. The molecule has 0 bridgehead atoms. The first-order valence-corrected chi connectivity index (χ1v) is 7.34. The zero-order chi connectivity index (χ0) is 14.5. The van der Waals surface area contributed by atoms with Crippen LogP contribution in [0.1, 0.15) is 23.7 Å². The van der Waals surface area contributed by atoms with Crippen molar-refractivity contribution >= 4 is 15.9 Å². The van der Waals surface area contributed by atoms with E-state index in [2.05, 4.69) is 10.0 Å². The van der Waals surface area contributed by atoms with Gasteiger partial charge in [0, 0.05) is 13.6 Å². The summed E-state index contributed by atoms with van der Waals surface area (Å²) in [5.41, 5.74) is 0.185. The van der Waals surface area contributed by atoms with Gasteiger partial charge in [-0.15, -0.1) is 0 Å². The predicted octanol–water partition coefficient (Wildman–Crippen LogP) is 0.743. The molecule has 0 aliphatic carbocycles. The van der Waals surface area contributed by atoms with Gasteiger partial charge in [-0.05, 0) is 24.6 Å². The van der Waals surface area contributed by atoms with Crippen LogP contribution in [0.5, 0.6) is 5.75 Å². The summed E-state index contributed by atoms with van der Waals surface area (Å²) in [5, 5.41) is 2.44. The fourth-order valence-electron chi connectivity index (χ4n) is 1.49. The number of hydrogen-bond acceptors (Lipinski definition) is 4. The lowest BCUT2D eigenvalue weighted by Gasteiger charge is -2.10. The highest BCUT2D eigenvalue weighted by atomic mass is 32.2. The monoisotopic (exact) mass is 286 g/mol. The fourth-order valence-corrected chi connectivity index (χ4v) is 2.65. The van der Waals surface area contributed by atoms with Crippen molar-refractivity contribution < 1.29 is 17.9 Å². The van der Waals surface area contributed by atoms with E-state index in [1.807, 2.05) is 6.92 Å². The lowest BCUT2D eigenvalue weighted by molar-refractivity contribution is 0.0960. The Hall–Kier alpha value is -1.60. The molecule has 0 spiro atoms. The molecule has 106 valence electrons. The van der Waals surface area contributed by atoms with Gasteiger partial charge in [-0.1, -0.05) is 6.92 Å². The molecule has 0 radical (unpaired) electrons. The second-order valence-corrected chi connectivity index (χ2v) is 5.61. The molecule has 0 heterocycles. The number of sulfonamides is 1. The molecule has 0 atom stereocenters. The van der Waals surface area contributed by atoms with Crippen molar-refractivity contribution in [1.29, 1.82) is 0 Å². The molecule has 1 aromatic rings. The molecule has 0 saturated heterocycles. The molecule has 0 aliphatic rings. The van der Waals surface area contributed by atoms with Crippen LogP contribution in [0.25, 0.3) is 0 Å². The molecule has 0 aliphatic heterocycles. The molecule has 0 aromatic heterocycles. The largest absolute Gasteiger partial charge is 0.496 e. The van der Waals surface area contributed by atoms with Crippen LogP contribution in [0.2, 0.25) is 0 Å². The predicted molar refractivity (Wildman–Crippen MR) is 71.9 cm³/mol. The number of ether oxygens (including phenoxy) is 1. The van der Waals surface area contributed by atoms with Crippen LogP contribution < -0.4 is 14.8 Å². The van der Waals surface area contributed by atoms with E-state index in [4.69, 9.17) is 4.74 Å². The zero-order valence-electron chi connectivity index (χ0n) is 11.2. The third-order valence-electron chi connectivity index (χ3n) is 2.50. The number of nitrogens with one attached hydrogen (secondary N) is 2. The van der Waals surface area contributed by atoms with E-state index in [0.29, 0.717) is 18.7 Å². The van der Waals surface area contributed by atoms with Gasteiger partial charge in [0.25, 0.3) is 5.91 Å². The van der Waals surface area contributed by atoms with Gasteiger partial charge in [0.15, 0.2) is 0 Å². The quantitative estimate of drug-likeness (QED) is 0.808. The molecule has 2 N–H and O–H groups in total. The Morgan fingerprint density at radius 1 is 1.37 bits per heavy atom. The fraction of sp³-hybridized carbons (Fsp3) is 0.417. The lowest BCUT2D eigenvalue weighted by Crippen LogP contribution is -2.25. The zero-order valence-corrected chi connectivity index (χ0v) is 12.0. The number of benzene rings is 1. The number of hydrogen-bond donors (Lipinski definition) is 2. The van der Waals surface area contributed by atoms with Crippen molar-refractivity contribution in [1.82, 2.24) is 10.0 Å². The van der Waals surface area contributed by atoms with Crippen LogP contribution in [-0.4, -0.2) is 35.0 Å². The molecule has 0 unspecified atom stereocenters. The molecule has 1 rings (SSSR count). The molecule has 1 aromatic carbocycles. The summed E-state index contributed by atoms with van der Waals surface area (Å²) in [7, 11) is -0.705. The number of carbonyl (C=O) groups excluding carboxylic acids is 1. The second-order valence-electron chi connectivity index (χ2n) is 3.84. The minimum absolute atomic E-state index is 0.0420. The lowest BCUT2D eigenvalue weighted by atomic mass is 10.2. The van der Waals surface area contributed by atoms with Crippen molar-refractivity contribution in [3.8, 4) is 5.75 Å². The van der Waals surface area contributed by atoms with Crippen LogP contribution in [-0.2, 0) is 10.0 Å². The highest BCUT2D eigenvalue weighted by molar-refractivity contribution is 7.89. The van der Waals surface area contributed by atoms with Gasteiger partial charge in [0.2, 0.25) is 10.0 Å². The maximum Gasteiger partial charge on any atom is 0.254 e. The molecular weight excluding hydrogens is 268 g/mol. The Kier molecular flexibility index (Phi) is 5.31. The number of methoxy groups -OCH3 is 1. The van der Waals surface area contributed by atoms with Gasteiger partial charge < -0.3 is 10.1 Å². The molecule has 1 amide bonds. The minimum Gasteiger partial charge on any atom is -0.496 e. The average Bonchev–Trinajstić information content (AvgIpc) is 2.43. The van der Waals surface area contributed by atoms with Crippen molar-refractivity contribution in [3.05, 3.63) is 23.8 Å². The van der Waals surface area contributed by atoms with Crippen molar-refractivity contribution in [2.24, 2.45) is 0 Å². The first-order valence-electron chi connectivity index (χ1n) is 5.86. The van der Waals surface area contributed by atoms with Crippen molar-refractivity contribution in [3.63, 3.8) is 0 Å². The van der Waals surface area contributed by atoms with Gasteiger partial charge >= 0.3 is 0 Å². The summed E-state index contributed by atoms with van der Waals surface area (Å²) in [4.78, 5) is 11.7. The second kappa shape index (κ2) is 6.53. The maximum absolute atomic E-state index is 12.0. The van der Waals surface area contributed by atoms with Gasteiger partial charge in [-0.25, -0.2) is 13.1 Å². The van der Waals surface area contributed by atoms with Crippen molar-refractivity contribution in [2.45, 2.75) is 18.2 Å². The topological polar surface area (TPSA) is 84.5 Å². The molecule has 7 heteroatoms. The van der Waals surface area contributed by atoms with Crippen LogP contribution in [0.15, 0.2) is 23.1 Å². The standard InChI is InChI=1S/C12H18N2O4S/c1-4-7-14-19(16,17)9-5-6-11(18-3)10(8-9)12(15)13-2/h5-6,8,14H,4,7H2,1-3H3,(H,13,15). The highest BCUT2D eigenvalue weighted by Crippen LogP contribution is 2.22. The van der Waals surface area contributed by atoms with Crippen LogP contribution in [0.3, 0.4) is 0 Å². The number of rotatable bonds is 6. The highest BCUT2D eigenvalue weighted by Gasteiger charge is 2.18. The summed E-state index contributed by atoms with van der Waals surface area (Å²) in [5.74, 6) is -0.0711. The van der Waals surface area contributed by atoms with Crippen LogP contribution in [0, 0.1) is 0 Å². The normalized spacial score (nSPS) is 11.1. The Bertz CT molecular complexity index is 555. The third kappa shape index (κ3) is 3.68. The first-order chi connectivity index (χ1) is 8.96. The smallest absolute Gasteiger partial charge is 0.254 e. The van der Waals surface area contributed by atoms with Crippen LogP contribution in [0.4, 0.5) is 0 Å². The van der Waals surface area contributed by atoms with E-state index in [1.165, 1.54) is 32.4 Å². The third-order valence-corrected chi connectivity index (χ3v) is 3.95. The first kappa shape index (κ1) is 15.5. The summed E-state index contributed by atoms with van der Waals surface area (Å²) < 4.78 is 31.4. The van der Waals surface area contributed by atoms with Crippen molar-refractivity contribution in [2.75, 3.05) is 20.7 Å². The SMILES string of the molecule is CCCNS(=O)(=O)c1ccc(OC)c(C(=O)NC)c1. The maximum atomic E-state index is 12.0. The summed E-state index contributed by atoms with van der Waals surface area (Å²) in [6.45, 7) is 2.22. The number of amides is 1. The van der Waals surface area contributed by atoms with Gasteiger partial charge in [0.05, 0.1) is 17.6 Å².